The fourth-order valence-electron chi connectivity index (χ4n) is 0.500. The number of carbonyl (C=O) groups excluding carboxylic acids is 3. The first-order valence-electron chi connectivity index (χ1n) is 3.60. The number of ether oxygens (including phenoxy) is 2. The maximum atomic E-state index is 10.6. The molecule has 0 saturated carbocycles. The van der Waals surface area contributed by atoms with Gasteiger partial charge in [0.15, 0.2) is 0 Å². The molecule has 0 fully saturated rings. The molecular weight excluding hydrogens is 178 g/mol. The van der Waals surface area contributed by atoms with Gasteiger partial charge >= 0.3 is 12.1 Å². The summed E-state index contributed by atoms with van der Waals surface area (Å²) in [5.41, 5.74) is 0. The van der Waals surface area contributed by atoms with Gasteiger partial charge in [0, 0.05) is 13.8 Å². The van der Waals surface area contributed by atoms with Gasteiger partial charge in [-0.3, -0.25) is 14.9 Å². The summed E-state index contributed by atoms with van der Waals surface area (Å²) in [6, 6.07) is 0. The predicted molar refractivity (Wildman–Crippen MR) is 41.8 cm³/mol. The van der Waals surface area contributed by atoms with E-state index >= 15 is 0 Å². The minimum absolute atomic E-state index is 0.0132. The third kappa shape index (κ3) is 8.32. The summed E-state index contributed by atoms with van der Waals surface area (Å²) in [4.78, 5) is 31.1. The topological polar surface area (TPSA) is 81.7 Å². The monoisotopic (exact) mass is 189 g/mol. The number of carbonyl (C=O) groups is 3. The van der Waals surface area contributed by atoms with E-state index in [4.69, 9.17) is 0 Å². The van der Waals surface area contributed by atoms with E-state index in [1.807, 2.05) is 5.32 Å². The summed E-state index contributed by atoms with van der Waals surface area (Å²) < 4.78 is 8.92. The molecule has 0 spiro atoms. The zero-order valence-electron chi connectivity index (χ0n) is 7.46. The van der Waals surface area contributed by atoms with Crippen LogP contribution in [-0.4, -0.2) is 31.2 Å². The lowest BCUT2D eigenvalue weighted by Gasteiger charge is -2.03. The van der Waals surface area contributed by atoms with Crippen molar-refractivity contribution in [3.8, 4) is 0 Å². The van der Waals surface area contributed by atoms with Crippen LogP contribution in [0.5, 0.6) is 0 Å². The van der Waals surface area contributed by atoms with Gasteiger partial charge in [-0.15, -0.1) is 0 Å². The smallest absolute Gasteiger partial charge is 0.413 e. The molecule has 0 aliphatic carbocycles. The molecule has 0 atom stereocenters. The van der Waals surface area contributed by atoms with Gasteiger partial charge in [-0.1, -0.05) is 0 Å². The molecule has 0 aliphatic heterocycles. The molecule has 0 bridgehead atoms. The van der Waals surface area contributed by atoms with Crippen LogP contribution in [0.1, 0.15) is 13.8 Å². The molecule has 6 nitrogen and oxygen atoms in total. The molecular formula is C7H11NO5. The molecule has 6 heteroatoms. The Hall–Kier alpha value is -1.59. The molecule has 0 rings (SSSR count). The molecule has 0 aromatic heterocycles. The molecule has 0 aromatic rings. The van der Waals surface area contributed by atoms with Crippen molar-refractivity contribution >= 4 is 18.0 Å². The van der Waals surface area contributed by atoms with Crippen molar-refractivity contribution < 1.29 is 23.9 Å². The molecule has 0 unspecified atom stereocenters. The first kappa shape index (κ1) is 11.4. The van der Waals surface area contributed by atoms with E-state index in [-0.39, 0.29) is 13.2 Å². The van der Waals surface area contributed by atoms with Gasteiger partial charge in [0.05, 0.1) is 0 Å². The fraction of sp³-hybridized carbons (Fsp3) is 0.571. The highest BCUT2D eigenvalue weighted by Crippen LogP contribution is 1.81. The first-order chi connectivity index (χ1) is 6.02. The second-order valence-corrected chi connectivity index (χ2v) is 2.16. The van der Waals surface area contributed by atoms with Crippen molar-refractivity contribution in [3.05, 3.63) is 0 Å². The number of amides is 2. The SMILES string of the molecule is CC(=O)NC(=O)OCCOC(C)=O. The Morgan fingerprint density at radius 1 is 1.08 bits per heavy atom. The number of esters is 1. The van der Waals surface area contributed by atoms with E-state index in [2.05, 4.69) is 9.47 Å². The highest BCUT2D eigenvalue weighted by Gasteiger charge is 2.03. The number of rotatable bonds is 3. The average molecular weight is 189 g/mol. The first-order valence-corrected chi connectivity index (χ1v) is 3.60. The molecule has 0 radical (unpaired) electrons. The van der Waals surface area contributed by atoms with E-state index in [9.17, 15) is 14.4 Å². The Morgan fingerprint density at radius 3 is 2.08 bits per heavy atom. The van der Waals surface area contributed by atoms with Gasteiger partial charge in [0.1, 0.15) is 13.2 Å². The molecule has 2 amide bonds. The van der Waals surface area contributed by atoms with Gasteiger partial charge in [0.25, 0.3) is 0 Å². The standard InChI is InChI=1S/C7H11NO5/c1-5(9)8-7(11)13-4-3-12-6(2)10/h3-4H2,1-2H3,(H,8,9,11). The zero-order chi connectivity index (χ0) is 10.3. The summed E-state index contributed by atoms with van der Waals surface area (Å²) >= 11 is 0. The van der Waals surface area contributed by atoms with E-state index in [0.717, 1.165) is 0 Å². The van der Waals surface area contributed by atoms with Gasteiger partial charge < -0.3 is 9.47 Å². The number of hydrogen-bond donors (Lipinski definition) is 1. The van der Waals surface area contributed by atoms with E-state index in [1.54, 1.807) is 0 Å². The van der Waals surface area contributed by atoms with Crippen LogP contribution in [0, 0.1) is 0 Å². The van der Waals surface area contributed by atoms with Gasteiger partial charge in [-0.05, 0) is 0 Å². The van der Waals surface area contributed by atoms with E-state index < -0.39 is 18.0 Å². The minimum Gasteiger partial charge on any atom is -0.462 e. The zero-order valence-corrected chi connectivity index (χ0v) is 7.46. The van der Waals surface area contributed by atoms with Gasteiger partial charge in [0.2, 0.25) is 5.91 Å². The van der Waals surface area contributed by atoms with Crippen molar-refractivity contribution in [1.29, 1.82) is 0 Å². The van der Waals surface area contributed by atoms with Crippen LogP contribution in [0.25, 0.3) is 0 Å². The van der Waals surface area contributed by atoms with E-state index in [0.29, 0.717) is 0 Å². The third-order valence-corrected chi connectivity index (χ3v) is 0.900. The summed E-state index contributed by atoms with van der Waals surface area (Å²) in [5, 5.41) is 1.89. The Balaban J connectivity index is 3.37. The summed E-state index contributed by atoms with van der Waals surface area (Å²) in [6.45, 7) is 2.35. The molecule has 0 heterocycles. The van der Waals surface area contributed by atoms with Crippen LogP contribution in [-0.2, 0) is 19.1 Å². The second kappa shape index (κ2) is 5.99. The number of imide groups is 1. The molecule has 0 aromatic carbocycles. The maximum absolute atomic E-state index is 10.6. The van der Waals surface area contributed by atoms with Crippen LogP contribution in [0.15, 0.2) is 0 Å². The van der Waals surface area contributed by atoms with Crippen molar-refractivity contribution in [2.45, 2.75) is 13.8 Å². The van der Waals surface area contributed by atoms with Crippen molar-refractivity contribution in [2.24, 2.45) is 0 Å². The Bertz CT molecular complexity index is 213. The van der Waals surface area contributed by atoms with Crippen LogP contribution in [0.3, 0.4) is 0 Å². The minimum atomic E-state index is -0.848. The lowest BCUT2D eigenvalue weighted by molar-refractivity contribution is -0.142. The predicted octanol–water partition coefficient (Wildman–Crippen LogP) is -0.178. The molecule has 13 heavy (non-hydrogen) atoms. The Labute approximate surface area is 75.2 Å². The molecule has 1 N–H and O–H groups in total. The quantitative estimate of drug-likeness (QED) is 0.492. The van der Waals surface area contributed by atoms with Crippen LogP contribution >= 0.6 is 0 Å². The average Bonchev–Trinajstić information content (AvgIpc) is 1.96. The van der Waals surface area contributed by atoms with E-state index in [1.165, 1.54) is 13.8 Å². The highest BCUT2D eigenvalue weighted by atomic mass is 16.6. The third-order valence-electron chi connectivity index (χ3n) is 0.900. The van der Waals surface area contributed by atoms with Crippen LogP contribution < -0.4 is 5.32 Å². The molecule has 74 valence electrons. The highest BCUT2D eigenvalue weighted by molar-refractivity contribution is 5.90. The lowest BCUT2D eigenvalue weighted by atomic mass is 10.7. The second-order valence-electron chi connectivity index (χ2n) is 2.16. The molecule has 0 aliphatic rings. The summed E-state index contributed by atoms with van der Waals surface area (Å²) in [7, 11) is 0. The number of alkyl carbamates (subject to hydrolysis) is 1. The largest absolute Gasteiger partial charge is 0.462 e. The van der Waals surface area contributed by atoms with Crippen LogP contribution in [0.2, 0.25) is 0 Å². The van der Waals surface area contributed by atoms with Crippen molar-refractivity contribution in [2.75, 3.05) is 13.2 Å². The summed E-state index contributed by atoms with van der Waals surface area (Å²) in [5.74, 6) is -0.951. The lowest BCUT2D eigenvalue weighted by Crippen LogP contribution is -2.29. The maximum Gasteiger partial charge on any atom is 0.413 e. The number of hydrogen-bond acceptors (Lipinski definition) is 5. The van der Waals surface area contributed by atoms with Crippen molar-refractivity contribution in [1.82, 2.24) is 5.32 Å². The van der Waals surface area contributed by atoms with Crippen molar-refractivity contribution in [3.63, 3.8) is 0 Å². The Morgan fingerprint density at radius 2 is 1.62 bits per heavy atom. The Kier molecular flexibility index (Phi) is 5.25. The van der Waals surface area contributed by atoms with Gasteiger partial charge in [-0.25, -0.2) is 4.79 Å². The van der Waals surface area contributed by atoms with Gasteiger partial charge in [-0.2, -0.15) is 0 Å². The molecule has 0 saturated heterocycles. The number of nitrogens with one attached hydrogen (secondary N) is 1. The fourth-order valence-corrected chi connectivity index (χ4v) is 0.500. The normalized spacial score (nSPS) is 8.77. The summed E-state index contributed by atoms with van der Waals surface area (Å²) in [6.07, 6.45) is -0.848. The van der Waals surface area contributed by atoms with Crippen LogP contribution in [0.4, 0.5) is 4.79 Å².